The van der Waals surface area contributed by atoms with Gasteiger partial charge in [-0.25, -0.2) is 0 Å². The first-order valence-electron chi connectivity index (χ1n) is 8.79. The van der Waals surface area contributed by atoms with Crippen molar-refractivity contribution in [2.45, 2.75) is 38.8 Å². The highest BCUT2D eigenvalue weighted by Crippen LogP contribution is 2.11. The van der Waals surface area contributed by atoms with Gasteiger partial charge in [-0.15, -0.1) is 0 Å². The quantitative estimate of drug-likeness (QED) is 0.906. The lowest BCUT2D eigenvalue weighted by atomic mass is 10.1. The van der Waals surface area contributed by atoms with Gasteiger partial charge in [0.2, 0.25) is 5.91 Å². The highest BCUT2D eigenvalue weighted by atomic mass is 16.2. The molecule has 3 rings (SSSR count). The number of carbonyl (C=O) groups excluding carboxylic acids is 2. The van der Waals surface area contributed by atoms with Gasteiger partial charge in [0.15, 0.2) is 0 Å². The van der Waals surface area contributed by atoms with E-state index in [0.717, 1.165) is 31.5 Å². The molecule has 1 aromatic heterocycles. The van der Waals surface area contributed by atoms with Gasteiger partial charge in [0.05, 0.1) is 6.54 Å². The van der Waals surface area contributed by atoms with Crippen LogP contribution in [0.25, 0.3) is 0 Å². The molecular weight excluding hydrogens is 316 g/mol. The zero-order valence-electron chi connectivity index (χ0n) is 14.5. The molecule has 2 aromatic rings. The predicted molar refractivity (Wildman–Crippen MR) is 95.1 cm³/mol. The van der Waals surface area contributed by atoms with E-state index < -0.39 is 6.04 Å². The van der Waals surface area contributed by atoms with E-state index in [0.29, 0.717) is 12.1 Å². The molecule has 6 heteroatoms. The number of nitrogens with one attached hydrogen (secondary N) is 1. The summed E-state index contributed by atoms with van der Waals surface area (Å²) < 4.78 is 1.83. The van der Waals surface area contributed by atoms with Gasteiger partial charge in [-0.05, 0) is 49.9 Å². The Balaban J connectivity index is 1.56. The summed E-state index contributed by atoms with van der Waals surface area (Å²) in [6.45, 7) is 4.00. The highest BCUT2D eigenvalue weighted by molar-refractivity contribution is 5.97. The van der Waals surface area contributed by atoms with Crippen LogP contribution in [0.4, 0.5) is 0 Å². The summed E-state index contributed by atoms with van der Waals surface area (Å²) in [6.07, 6.45) is 6.90. The minimum atomic E-state index is -0.505. The molecule has 1 saturated heterocycles. The topological polar surface area (TPSA) is 67.2 Å². The molecule has 25 heavy (non-hydrogen) atoms. The lowest BCUT2D eigenvalue weighted by Crippen LogP contribution is -2.48. The van der Waals surface area contributed by atoms with Crippen LogP contribution < -0.4 is 5.32 Å². The number of carbonyl (C=O) groups is 2. The summed E-state index contributed by atoms with van der Waals surface area (Å²) in [6, 6.07) is 8.76. The average Bonchev–Trinajstić information content (AvgIpc) is 3.15. The Hall–Kier alpha value is -2.63. The first-order chi connectivity index (χ1) is 12.1. The van der Waals surface area contributed by atoms with Gasteiger partial charge in [-0.3, -0.25) is 14.3 Å². The van der Waals surface area contributed by atoms with Crippen LogP contribution in [0, 0.1) is 0 Å². The highest BCUT2D eigenvalue weighted by Gasteiger charge is 2.23. The summed E-state index contributed by atoms with van der Waals surface area (Å²) in [5.41, 5.74) is 1.63. The van der Waals surface area contributed by atoms with E-state index in [4.69, 9.17) is 0 Å². The van der Waals surface area contributed by atoms with Crippen molar-refractivity contribution < 1.29 is 9.59 Å². The van der Waals surface area contributed by atoms with Crippen molar-refractivity contribution in [1.82, 2.24) is 20.0 Å². The van der Waals surface area contributed by atoms with Crippen LogP contribution in [-0.2, 0) is 11.3 Å². The number of aromatic nitrogens is 2. The Kier molecular flexibility index (Phi) is 5.48. The van der Waals surface area contributed by atoms with Crippen molar-refractivity contribution in [1.29, 1.82) is 0 Å². The second kappa shape index (κ2) is 7.96. The van der Waals surface area contributed by atoms with Crippen molar-refractivity contribution in [3.05, 3.63) is 53.9 Å². The first kappa shape index (κ1) is 17.2. The fourth-order valence-corrected chi connectivity index (χ4v) is 3.07. The second-order valence-corrected chi connectivity index (χ2v) is 6.48. The van der Waals surface area contributed by atoms with Crippen LogP contribution in [0.15, 0.2) is 42.7 Å². The number of piperidine rings is 1. The molecule has 1 atom stereocenters. The van der Waals surface area contributed by atoms with Gasteiger partial charge >= 0.3 is 0 Å². The van der Waals surface area contributed by atoms with Crippen LogP contribution in [-0.4, -0.2) is 45.6 Å². The number of benzene rings is 1. The normalized spacial score (nSPS) is 15.6. The van der Waals surface area contributed by atoms with E-state index in [1.807, 2.05) is 34.0 Å². The first-order valence-corrected chi connectivity index (χ1v) is 8.79. The molecule has 0 aliphatic carbocycles. The monoisotopic (exact) mass is 340 g/mol. The standard InChI is InChI=1S/C19H24N4O2/c1-15(19(25)22-11-3-2-4-12-22)21-18(24)17-8-6-16(7-9-17)14-23-13-5-10-20-23/h5-10,13,15H,2-4,11-12,14H2,1H3,(H,21,24)/t15-/m1/s1. The maximum atomic E-state index is 12.4. The Bertz CT molecular complexity index is 704. The molecule has 0 unspecified atom stereocenters. The molecule has 1 aliphatic heterocycles. The molecule has 6 nitrogen and oxygen atoms in total. The van der Waals surface area contributed by atoms with Crippen LogP contribution in [0.3, 0.4) is 0 Å². The van der Waals surface area contributed by atoms with Gasteiger partial charge in [-0.1, -0.05) is 12.1 Å². The predicted octanol–water partition coefficient (Wildman–Crippen LogP) is 2.06. The number of hydrogen-bond acceptors (Lipinski definition) is 3. The summed E-state index contributed by atoms with van der Waals surface area (Å²) in [4.78, 5) is 26.6. The van der Waals surface area contributed by atoms with Crippen molar-refractivity contribution in [3.63, 3.8) is 0 Å². The van der Waals surface area contributed by atoms with Crippen LogP contribution in [0.5, 0.6) is 0 Å². The van der Waals surface area contributed by atoms with Crippen LogP contribution in [0.2, 0.25) is 0 Å². The van der Waals surface area contributed by atoms with Crippen LogP contribution in [0.1, 0.15) is 42.1 Å². The second-order valence-electron chi connectivity index (χ2n) is 6.48. The van der Waals surface area contributed by atoms with E-state index in [1.54, 1.807) is 25.3 Å². The summed E-state index contributed by atoms with van der Waals surface area (Å²) in [7, 11) is 0. The van der Waals surface area contributed by atoms with Crippen LogP contribution >= 0.6 is 0 Å². The molecule has 132 valence electrons. The maximum absolute atomic E-state index is 12.4. The molecule has 2 amide bonds. The summed E-state index contributed by atoms with van der Waals surface area (Å²) in [5, 5.41) is 6.98. The molecule has 1 aromatic carbocycles. The Morgan fingerprint density at radius 1 is 1.16 bits per heavy atom. The van der Waals surface area contributed by atoms with E-state index in [-0.39, 0.29) is 11.8 Å². The number of nitrogens with zero attached hydrogens (tertiary/aromatic N) is 3. The molecular formula is C19H24N4O2. The van der Waals surface area contributed by atoms with Gasteiger partial charge in [0.1, 0.15) is 6.04 Å². The van der Waals surface area contributed by atoms with E-state index in [1.165, 1.54) is 6.42 Å². The third-order valence-corrected chi connectivity index (χ3v) is 4.51. The van der Waals surface area contributed by atoms with Crippen molar-refractivity contribution >= 4 is 11.8 Å². The minimum Gasteiger partial charge on any atom is -0.341 e. The third-order valence-electron chi connectivity index (χ3n) is 4.51. The van der Waals surface area contributed by atoms with Gasteiger partial charge in [0.25, 0.3) is 5.91 Å². The Labute approximate surface area is 147 Å². The van der Waals surface area contributed by atoms with Crippen molar-refractivity contribution in [2.75, 3.05) is 13.1 Å². The Morgan fingerprint density at radius 2 is 1.88 bits per heavy atom. The maximum Gasteiger partial charge on any atom is 0.251 e. The number of hydrogen-bond donors (Lipinski definition) is 1. The zero-order chi connectivity index (χ0) is 17.6. The number of amides is 2. The SMILES string of the molecule is C[C@@H](NC(=O)c1ccc(Cn2cccn2)cc1)C(=O)N1CCCCC1. The summed E-state index contributed by atoms with van der Waals surface area (Å²) in [5.74, 6) is -0.216. The lowest BCUT2D eigenvalue weighted by molar-refractivity contribution is -0.133. The minimum absolute atomic E-state index is 0.00310. The van der Waals surface area contributed by atoms with Gasteiger partial charge < -0.3 is 10.2 Å². The molecule has 0 spiro atoms. The van der Waals surface area contributed by atoms with Crippen molar-refractivity contribution in [2.24, 2.45) is 0 Å². The molecule has 1 aliphatic rings. The Morgan fingerprint density at radius 3 is 2.52 bits per heavy atom. The number of likely N-dealkylation sites (tertiary alicyclic amines) is 1. The van der Waals surface area contributed by atoms with Gasteiger partial charge in [0, 0.05) is 31.0 Å². The van der Waals surface area contributed by atoms with E-state index >= 15 is 0 Å². The summed E-state index contributed by atoms with van der Waals surface area (Å²) >= 11 is 0. The zero-order valence-corrected chi connectivity index (χ0v) is 14.5. The number of rotatable bonds is 5. The molecule has 0 saturated carbocycles. The van der Waals surface area contributed by atoms with E-state index in [2.05, 4.69) is 10.4 Å². The van der Waals surface area contributed by atoms with Crippen molar-refractivity contribution in [3.8, 4) is 0 Å². The molecule has 2 heterocycles. The average molecular weight is 340 g/mol. The third kappa shape index (κ3) is 4.47. The lowest BCUT2D eigenvalue weighted by Gasteiger charge is -2.29. The molecule has 0 radical (unpaired) electrons. The molecule has 1 fully saturated rings. The van der Waals surface area contributed by atoms with E-state index in [9.17, 15) is 9.59 Å². The fraction of sp³-hybridized carbons (Fsp3) is 0.421. The largest absolute Gasteiger partial charge is 0.341 e. The van der Waals surface area contributed by atoms with Gasteiger partial charge in [-0.2, -0.15) is 5.10 Å². The molecule has 0 bridgehead atoms. The smallest absolute Gasteiger partial charge is 0.251 e. The fourth-order valence-electron chi connectivity index (χ4n) is 3.07. The molecule has 1 N–H and O–H groups in total.